The van der Waals surface area contributed by atoms with Crippen LogP contribution >= 0.6 is 0 Å². The number of amides is 2. The van der Waals surface area contributed by atoms with Crippen molar-refractivity contribution in [2.24, 2.45) is 0 Å². The van der Waals surface area contributed by atoms with Crippen LogP contribution in [0.4, 0.5) is 5.69 Å². The van der Waals surface area contributed by atoms with Crippen molar-refractivity contribution >= 4 is 34.2 Å². The predicted molar refractivity (Wildman–Crippen MR) is 112 cm³/mol. The molecular formula is C23H22N2O4. The minimum Gasteiger partial charge on any atom is -0.454 e. The standard InChI is InChI=1S/C23H22N2O4/c1-15-7-10-20(11-16(15)2)25-21(26)14-29-22(27)13-24-23(28)19-9-8-17-5-3-4-6-18(17)12-19/h3-12H,13-14H2,1-2H3,(H,24,28)(H,25,26). The van der Waals surface area contributed by atoms with Crippen LogP contribution in [0.25, 0.3) is 10.8 Å². The van der Waals surface area contributed by atoms with E-state index in [0.717, 1.165) is 21.9 Å². The Morgan fingerprint density at radius 3 is 2.38 bits per heavy atom. The van der Waals surface area contributed by atoms with Gasteiger partial charge in [0.2, 0.25) is 0 Å². The van der Waals surface area contributed by atoms with Crippen molar-refractivity contribution in [1.82, 2.24) is 5.32 Å². The number of carbonyl (C=O) groups excluding carboxylic acids is 3. The monoisotopic (exact) mass is 390 g/mol. The van der Waals surface area contributed by atoms with E-state index in [0.29, 0.717) is 11.3 Å². The molecule has 0 atom stereocenters. The molecule has 3 aromatic rings. The molecule has 0 aromatic heterocycles. The molecule has 0 aliphatic carbocycles. The summed E-state index contributed by atoms with van der Waals surface area (Å²) in [4.78, 5) is 36.0. The zero-order valence-corrected chi connectivity index (χ0v) is 16.3. The first-order valence-corrected chi connectivity index (χ1v) is 9.22. The van der Waals surface area contributed by atoms with Gasteiger partial charge in [0.25, 0.3) is 11.8 Å². The molecule has 6 heteroatoms. The van der Waals surface area contributed by atoms with Crippen LogP contribution in [-0.2, 0) is 14.3 Å². The SMILES string of the molecule is Cc1ccc(NC(=O)COC(=O)CNC(=O)c2ccc3ccccc3c2)cc1C. The van der Waals surface area contributed by atoms with E-state index in [-0.39, 0.29) is 12.5 Å². The van der Waals surface area contributed by atoms with Gasteiger partial charge in [-0.3, -0.25) is 14.4 Å². The molecule has 0 bridgehead atoms. The number of hydrogen-bond acceptors (Lipinski definition) is 4. The Morgan fingerprint density at radius 1 is 0.862 bits per heavy atom. The van der Waals surface area contributed by atoms with Crippen LogP contribution in [0.2, 0.25) is 0 Å². The number of aryl methyl sites for hydroxylation is 2. The molecule has 0 fully saturated rings. The molecule has 3 rings (SSSR count). The lowest BCUT2D eigenvalue weighted by Gasteiger charge is -2.09. The van der Waals surface area contributed by atoms with Crippen molar-refractivity contribution in [1.29, 1.82) is 0 Å². The molecule has 2 amide bonds. The van der Waals surface area contributed by atoms with Gasteiger partial charge in [-0.1, -0.05) is 36.4 Å². The normalized spacial score (nSPS) is 10.4. The smallest absolute Gasteiger partial charge is 0.325 e. The second-order valence-electron chi connectivity index (χ2n) is 6.75. The number of nitrogens with one attached hydrogen (secondary N) is 2. The summed E-state index contributed by atoms with van der Waals surface area (Å²) in [7, 11) is 0. The zero-order chi connectivity index (χ0) is 20.8. The minimum absolute atomic E-state index is 0.317. The molecule has 2 N–H and O–H groups in total. The lowest BCUT2D eigenvalue weighted by atomic mass is 10.1. The largest absolute Gasteiger partial charge is 0.454 e. The highest BCUT2D eigenvalue weighted by Crippen LogP contribution is 2.16. The number of fused-ring (bicyclic) bond motifs is 1. The molecule has 0 saturated carbocycles. The Kier molecular flexibility index (Phi) is 6.24. The van der Waals surface area contributed by atoms with Crippen LogP contribution in [0.3, 0.4) is 0 Å². The van der Waals surface area contributed by atoms with E-state index in [1.807, 2.05) is 56.3 Å². The Morgan fingerprint density at radius 2 is 1.62 bits per heavy atom. The summed E-state index contributed by atoms with van der Waals surface area (Å²) in [6.07, 6.45) is 0. The maximum Gasteiger partial charge on any atom is 0.325 e. The second-order valence-corrected chi connectivity index (χ2v) is 6.75. The van der Waals surface area contributed by atoms with Crippen molar-refractivity contribution in [3.63, 3.8) is 0 Å². The summed E-state index contributed by atoms with van der Waals surface area (Å²) in [5, 5.41) is 7.14. The van der Waals surface area contributed by atoms with E-state index in [4.69, 9.17) is 4.74 Å². The summed E-state index contributed by atoms with van der Waals surface area (Å²) >= 11 is 0. The van der Waals surface area contributed by atoms with Gasteiger partial charge in [0.1, 0.15) is 6.54 Å². The highest BCUT2D eigenvalue weighted by Gasteiger charge is 2.11. The van der Waals surface area contributed by atoms with Gasteiger partial charge in [0, 0.05) is 11.3 Å². The molecule has 0 aliphatic rings. The fourth-order valence-corrected chi connectivity index (χ4v) is 2.80. The fraction of sp³-hybridized carbons (Fsp3) is 0.174. The molecular weight excluding hydrogens is 368 g/mol. The topological polar surface area (TPSA) is 84.5 Å². The van der Waals surface area contributed by atoms with Crippen LogP contribution in [0.5, 0.6) is 0 Å². The molecule has 148 valence electrons. The van der Waals surface area contributed by atoms with Crippen molar-refractivity contribution < 1.29 is 19.1 Å². The molecule has 6 nitrogen and oxygen atoms in total. The summed E-state index contributed by atoms with van der Waals surface area (Å²) in [5.41, 5.74) is 3.26. The molecule has 0 spiro atoms. The molecule has 3 aromatic carbocycles. The number of anilines is 1. The Bertz CT molecular complexity index is 1080. The van der Waals surface area contributed by atoms with Crippen molar-refractivity contribution in [2.75, 3.05) is 18.5 Å². The van der Waals surface area contributed by atoms with Crippen molar-refractivity contribution in [2.45, 2.75) is 13.8 Å². The molecule has 0 radical (unpaired) electrons. The minimum atomic E-state index is -0.686. The number of ether oxygens (including phenoxy) is 1. The maximum absolute atomic E-state index is 12.2. The molecule has 0 unspecified atom stereocenters. The van der Waals surface area contributed by atoms with Gasteiger partial charge >= 0.3 is 5.97 Å². The third kappa shape index (κ3) is 5.42. The predicted octanol–water partition coefficient (Wildman–Crippen LogP) is 3.37. The third-order valence-electron chi connectivity index (χ3n) is 4.56. The van der Waals surface area contributed by atoms with E-state index in [1.165, 1.54) is 0 Å². The van der Waals surface area contributed by atoms with E-state index in [2.05, 4.69) is 10.6 Å². The first-order valence-electron chi connectivity index (χ1n) is 9.22. The van der Waals surface area contributed by atoms with Gasteiger partial charge < -0.3 is 15.4 Å². The average Bonchev–Trinajstić information content (AvgIpc) is 2.72. The van der Waals surface area contributed by atoms with Gasteiger partial charge in [0.15, 0.2) is 6.61 Å². The first-order chi connectivity index (χ1) is 13.9. The van der Waals surface area contributed by atoms with Gasteiger partial charge in [0.05, 0.1) is 0 Å². The lowest BCUT2D eigenvalue weighted by Crippen LogP contribution is -2.32. The van der Waals surface area contributed by atoms with E-state index in [1.54, 1.807) is 18.2 Å². The first kappa shape index (κ1) is 20.1. The van der Waals surface area contributed by atoms with Gasteiger partial charge in [-0.15, -0.1) is 0 Å². The van der Waals surface area contributed by atoms with E-state index in [9.17, 15) is 14.4 Å². The Balaban J connectivity index is 1.45. The van der Waals surface area contributed by atoms with Crippen LogP contribution in [0, 0.1) is 13.8 Å². The van der Waals surface area contributed by atoms with Gasteiger partial charge in [-0.25, -0.2) is 0 Å². The van der Waals surface area contributed by atoms with E-state index < -0.39 is 18.5 Å². The molecule has 0 aliphatic heterocycles. The average molecular weight is 390 g/mol. The highest BCUT2D eigenvalue weighted by atomic mass is 16.5. The number of hydrogen-bond donors (Lipinski definition) is 2. The van der Waals surface area contributed by atoms with Crippen molar-refractivity contribution in [3.8, 4) is 0 Å². The Hall–Kier alpha value is -3.67. The lowest BCUT2D eigenvalue weighted by molar-refractivity contribution is -0.146. The highest BCUT2D eigenvalue weighted by molar-refractivity contribution is 6.00. The number of benzene rings is 3. The Labute approximate surface area is 168 Å². The fourth-order valence-electron chi connectivity index (χ4n) is 2.80. The number of rotatable bonds is 6. The summed E-state index contributed by atoms with van der Waals surface area (Å²) in [6.45, 7) is 3.19. The van der Waals surface area contributed by atoms with Crippen LogP contribution in [-0.4, -0.2) is 30.9 Å². The summed E-state index contributed by atoms with van der Waals surface area (Å²) in [5.74, 6) is -1.51. The van der Waals surface area contributed by atoms with Crippen LogP contribution in [0.1, 0.15) is 21.5 Å². The molecule has 0 heterocycles. The number of esters is 1. The quantitative estimate of drug-likeness (QED) is 0.632. The maximum atomic E-state index is 12.2. The molecule has 29 heavy (non-hydrogen) atoms. The van der Waals surface area contributed by atoms with Crippen molar-refractivity contribution in [3.05, 3.63) is 77.4 Å². The third-order valence-corrected chi connectivity index (χ3v) is 4.56. The van der Waals surface area contributed by atoms with E-state index >= 15 is 0 Å². The number of carbonyl (C=O) groups is 3. The van der Waals surface area contributed by atoms with Gasteiger partial charge in [-0.05, 0) is 60.0 Å². The van der Waals surface area contributed by atoms with Crippen LogP contribution in [0.15, 0.2) is 60.7 Å². The van der Waals surface area contributed by atoms with Crippen LogP contribution < -0.4 is 10.6 Å². The second kappa shape index (κ2) is 9.01. The summed E-state index contributed by atoms with van der Waals surface area (Å²) in [6, 6.07) is 18.5. The van der Waals surface area contributed by atoms with Gasteiger partial charge in [-0.2, -0.15) is 0 Å². The zero-order valence-electron chi connectivity index (χ0n) is 16.3. The summed E-state index contributed by atoms with van der Waals surface area (Å²) < 4.78 is 4.92. The molecule has 0 saturated heterocycles.